The number of fused-ring (bicyclic) bond motifs is 1. The number of carbonyl (C=O) groups is 7. The van der Waals surface area contributed by atoms with Gasteiger partial charge in [-0.15, -0.1) is 0 Å². The zero-order chi connectivity index (χ0) is 37.3. The molecule has 11 nitrogen and oxygen atoms in total. The van der Waals surface area contributed by atoms with E-state index in [1.165, 1.54) is 37.4 Å². The summed E-state index contributed by atoms with van der Waals surface area (Å²) in [5.41, 5.74) is 7.07. The Labute approximate surface area is 289 Å². The van der Waals surface area contributed by atoms with Gasteiger partial charge < -0.3 is 18.9 Å². The number of hydrogen-bond donors (Lipinski definition) is 0. The van der Waals surface area contributed by atoms with Crippen molar-refractivity contribution in [1.29, 1.82) is 0 Å². The fourth-order valence-electron chi connectivity index (χ4n) is 5.09. The van der Waals surface area contributed by atoms with E-state index >= 15 is 0 Å². The fourth-order valence-corrected chi connectivity index (χ4v) is 5.09. The van der Waals surface area contributed by atoms with Crippen molar-refractivity contribution in [2.45, 2.75) is 48.5 Å². The summed E-state index contributed by atoms with van der Waals surface area (Å²) in [6.07, 6.45) is 0.583. The molecule has 0 radical (unpaired) electrons. The Morgan fingerprint density at radius 3 is 1.90 bits per heavy atom. The van der Waals surface area contributed by atoms with Crippen molar-refractivity contribution in [2.24, 2.45) is 0 Å². The summed E-state index contributed by atoms with van der Waals surface area (Å²) < 4.78 is 19.1. The molecule has 0 saturated carbocycles. The molecule has 1 aliphatic heterocycles. The van der Waals surface area contributed by atoms with Gasteiger partial charge in [0.15, 0.2) is 6.29 Å². The van der Waals surface area contributed by atoms with Crippen LogP contribution >= 0.6 is 0 Å². The predicted molar refractivity (Wildman–Crippen MR) is 183 cm³/mol. The van der Waals surface area contributed by atoms with Crippen molar-refractivity contribution >= 4 is 42.6 Å². The quantitative estimate of drug-likeness (QED) is 0.0648. The van der Waals surface area contributed by atoms with E-state index in [4.69, 9.17) is 4.74 Å². The summed E-state index contributed by atoms with van der Waals surface area (Å²) in [5, 5.41) is 0. The minimum atomic E-state index is -0.747. The molecule has 0 aromatic heterocycles. The van der Waals surface area contributed by atoms with E-state index < -0.39 is 29.8 Å². The monoisotopic (exact) mass is 680 g/mol. The second kappa shape index (κ2) is 16.7. The molecule has 0 bridgehead atoms. The Hall–Kier alpha value is -6.23. The molecule has 0 N–H and O–H groups in total. The fraction of sp³-hybridized carbons (Fsp3) is 0.205. The number of hydrogen-bond acceptors (Lipinski definition) is 11. The average molecular weight is 681 g/mol. The lowest BCUT2D eigenvalue weighted by atomic mass is 9.96. The first-order valence-corrected chi connectivity index (χ1v) is 15.4. The van der Waals surface area contributed by atoms with Crippen molar-refractivity contribution in [3.63, 3.8) is 0 Å². The lowest BCUT2D eigenvalue weighted by Crippen LogP contribution is -2.12. The van der Waals surface area contributed by atoms with Crippen molar-refractivity contribution in [2.75, 3.05) is 7.11 Å². The van der Waals surface area contributed by atoms with Crippen LogP contribution in [0.15, 0.2) is 60.7 Å². The van der Waals surface area contributed by atoms with Gasteiger partial charge in [0.25, 0.3) is 0 Å². The molecule has 0 aliphatic carbocycles. The van der Waals surface area contributed by atoms with E-state index in [1.54, 1.807) is 31.2 Å². The standard InChI is InChI=1S/C19H16O5.C18H14O6.C2H6/c1-9-7-10(2)16(12(4)11(9)3)23-17(20)13-5-6-14-15(8-13)19(22)24-18(14)21;1-11-7-12(5-6-15(11)18(22)24-10-20)13-3-4-14(9-19)16(8-13)17(21)23-2;1-2/h5-8H,1-4H3;3-10H,1-2H3;1-2H3. The maximum atomic E-state index is 12.4. The summed E-state index contributed by atoms with van der Waals surface area (Å²) in [7, 11) is 1.24. The summed E-state index contributed by atoms with van der Waals surface area (Å²) in [4.78, 5) is 80.2. The van der Waals surface area contributed by atoms with Crippen LogP contribution in [0.2, 0.25) is 0 Å². The van der Waals surface area contributed by atoms with Gasteiger partial charge in [-0.05, 0) is 104 Å². The highest BCUT2D eigenvalue weighted by molar-refractivity contribution is 6.15. The van der Waals surface area contributed by atoms with Crippen LogP contribution in [0, 0.1) is 34.6 Å². The molecular weight excluding hydrogens is 644 g/mol. The SMILES string of the molecule is CC.COC(=O)c1cc(-c2ccc(C(=O)OC=O)c(C)c2)ccc1C=O.Cc1cc(C)c(OC(=O)c2ccc3c(c2)C(=O)OC3=O)c(C)c1C. The summed E-state index contributed by atoms with van der Waals surface area (Å²) in [5.74, 6) is -2.86. The van der Waals surface area contributed by atoms with Gasteiger partial charge in [0, 0.05) is 5.56 Å². The van der Waals surface area contributed by atoms with Crippen LogP contribution in [0.3, 0.4) is 0 Å². The van der Waals surface area contributed by atoms with E-state index in [2.05, 4.69) is 14.2 Å². The van der Waals surface area contributed by atoms with Crippen LogP contribution in [0.4, 0.5) is 0 Å². The Morgan fingerprint density at radius 2 is 1.28 bits per heavy atom. The van der Waals surface area contributed by atoms with Gasteiger partial charge in [0.2, 0.25) is 0 Å². The first kappa shape index (κ1) is 38.2. The summed E-state index contributed by atoms with van der Waals surface area (Å²) in [6.45, 7) is 13.5. The molecule has 50 heavy (non-hydrogen) atoms. The second-order valence-corrected chi connectivity index (χ2v) is 10.9. The molecule has 0 atom stereocenters. The third-order valence-electron chi connectivity index (χ3n) is 7.88. The first-order chi connectivity index (χ1) is 23.8. The van der Waals surface area contributed by atoms with Gasteiger partial charge in [-0.2, -0.15) is 0 Å². The molecule has 258 valence electrons. The number of aryl methyl sites for hydroxylation is 3. The maximum absolute atomic E-state index is 12.4. The Morgan fingerprint density at radius 1 is 0.640 bits per heavy atom. The number of aldehydes is 1. The van der Waals surface area contributed by atoms with Crippen molar-refractivity contribution < 1.29 is 52.5 Å². The van der Waals surface area contributed by atoms with E-state index in [9.17, 15) is 33.6 Å². The van der Waals surface area contributed by atoms with Crippen molar-refractivity contribution in [1.82, 2.24) is 0 Å². The second-order valence-electron chi connectivity index (χ2n) is 10.9. The van der Waals surface area contributed by atoms with Crippen LogP contribution in [-0.4, -0.2) is 49.7 Å². The number of cyclic esters (lactones) is 2. The Bertz CT molecular complexity index is 2020. The first-order valence-electron chi connectivity index (χ1n) is 15.4. The molecular formula is C39H36O11. The molecule has 0 spiro atoms. The third-order valence-corrected chi connectivity index (χ3v) is 7.88. The molecule has 0 saturated heterocycles. The number of rotatable bonds is 7. The van der Waals surface area contributed by atoms with E-state index in [0.717, 1.165) is 27.8 Å². The van der Waals surface area contributed by atoms with E-state index in [1.807, 2.05) is 47.6 Å². The minimum absolute atomic E-state index is 0.0798. The normalized spacial score (nSPS) is 11.0. The molecule has 4 aromatic rings. The van der Waals surface area contributed by atoms with Crippen LogP contribution in [-0.2, 0) is 19.0 Å². The molecule has 0 unspecified atom stereocenters. The van der Waals surface area contributed by atoms with Crippen LogP contribution < -0.4 is 4.74 Å². The molecule has 1 aliphatic rings. The van der Waals surface area contributed by atoms with Gasteiger partial charge in [-0.25, -0.2) is 24.0 Å². The van der Waals surface area contributed by atoms with Gasteiger partial charge in [0.05, 0.1) is 34.9 Å². The van der Waals surface area contributed by atoms with Gasteiger partial charge >= 0.3 is 36.3 Å². The molecule has 11 heteroatoms. The highest BCUT2D eigenvalue weighted by Gasteiger charge is 2.30. The highest BCUT2D eigenvalue weighted by Crippen LogP contribution is 2.30. The van der Waals surface area contributed by atoms with E-state index in [0.29, 0.717) is 23.2 Å². The molecule has 5 rings (SSSR count). The highest BCUT2D eigenvalue weighted by atomic mass is 16.6. The minimum Gasteiger partial charge on any atom is -0.465 e. The smallest absolute Gasteiger partial charge is 0.346 e. The topological polar surface area (TPSA) is 156 Å². The van der Waals surface area contributed by atoms with Crippen LogP contribution in [0.5, 0.6) is 5.75 Å². The largest absolute Gasteiger partial charge is 0.465 e. The molecule has 0 fully saturated rings. The lowest BCUT2D eigenvalue weighted by molar-refractivity contribution is -0.123. The number of methoxy groups -OCH3 is 1. The predicted octanol–water partition coefficient (Wildman–Crippen LogP) is 7.05. The molecule has 1 heterocycles. The number of esters is 5. The number of carbonyl (C=O) groups excluding carboxylic acids is 7. The van der Waals surface area contributed by atoms with Crippen LogP contribution in [0.25, 0.3) is 11.1 Å². The van der Waals surface area contributed by atoms with Gasteiger partial charge in [0.1, 0.15) is 5.75 Å². The molecule has 0 amide bonds. The zero-order valence-corrected chi connectivity index (χ0v) is 28.9. The van der Waals surface area contributed by atoms with Crippen molar-refractivity contribution in [3.8, 4) is 16.9 Å². The zero-order valence-electron chi connectivity index (χ0n) is 28.9. The number of ether oxygens (including phenoxy) is 4. The van der Waals surface area contributed by atoms with Crippen LogP contribution in [0.1, 0.15) is 104 Å². The van der Waals surface area contributed by atoms with Gasteiger partial charge in [-0.1, -0.05) is 44.2 Å². The number of benzene rings is 4. The van der Waals surface area contributed by atoms with E-state index in [-0.39, 0.29) is 39.9 Å². The molecule has 4 aromatic carbocycles. The third kappa shape index (κ3) is 8.24. The lowest BCUT2D eigenvalue weighted by Gasteiger charge is -2.15. The van der Waals surface area contributed by atoms with Crippen molar-refractivity contribution in [3.05, 3.63) is 122 Å². The Kier molecular flexibility index (Phi) is 12.8. The Balaban J connectivity index is 0.000000258. The van der Waals surface area contributed by atoms with Gasteiger partial charge in [-0.3, -0.25) is 9.59 Å². The summed E-state index contributed by atoms with van der Waals surface area (Å²) in [6, 6.07) is 15.8. The summed E-state index contributed by atoms with van der Waals surface area (Å²) >= 11 is 0. The average Bonchev–Trinajstić information content (AvgIpc) is 3.41. The maximum Gasteiger partial charge on any atom is 0.346 e.